The first kappa shape index (κ1) is 10.7. The summed E-state index contributed by atoms with van der Waals surface area (Å²) in [6.45, 7) is 0. The van der Waals surface area contributed by atoms with Crippen molar-refractivity contribution >= 4 is 5.69 Å². The van der Waals surface area contributed by atoms with Gasteiger partial charge in [0.1, 0.15) is 5.75 Å². The summed E-state index contributed by atoms with van der Waals surface area (Å²) in [7, 11) is 2.90. The van der Waals surface area contributed by atoms with Crippen molar-refractivity contribution in [2.45, 2.75) is 6.18 Å². The van der Waals surface area contributed by atoms with Gasteiger partial charge < -0.3 is 10.0 Å². The maximum atomic E-state index is 12.5. The molecular weight excluding hydrogens is 195 g/mol. The van der Waals surface area contributed by atoms with E-state index < -0.39 is 11.7 Å². The van der Waals surface area contributed by atoms with Crippen molar-refractivity contribution < 1.29 is 18.3 Å². The van der Waals surface area contributed by atoms with E-state index in [1.165, 1.54) is 31.1 Å². The molecule has 1 rings (SSSR count). The summed E-state index contributed by atoms with van der Waals surface area (Å²) >= 11 is 0. The van der Waals surface area contributed by atoms with Crippen molar-refractivity contribution in [2.24, 2.45) is 0 Å². The molecule has 0 spiro atoms. The number of alkyl halides is 3. The van der Waals surface area contributed by atoms with E-state index in [-0.39, 0.29) is 11.4 Å². The van der Waals surface area contributed by atoms with Crippen LogP contribution in [0.4, 0.5) is 18.9 Å². The molecule has 5 heteroatoms. The lowest BCUT2D eigenvalue weighted by Crippen LogP contribution is -2.16. The molecule has 78 valence electrons. The van der Waals surface area contributed by atoms with Crippen molar-refractivity contribution in [3.63, 3.8) is 0 Å². The Morgan fingerprint density at radius 3 is 2.14 bits per heavy atom. The Morgan fingerprint density at radius 2 is 1.79 bits per heavy atom. The van der Waals surface area contributed by atoms with Gasteiger partial charge in [-0.15, -0.1) is 0 Å². The van der Waals surface area contributed by atoms with Crippen LogP contribution >= 0.6 is 0 Å². The Balaban J connectivity index is 3.36. The van der Waals surface area contributed by atoms with Gasteiger partial charge in [0, 0.05) is 14.1 Å². The molecule has 0 bridgehead atoms. The van der Waals surface area contributed by atoms with Crippen LogP contribution in [0.25, 0.3) is 0 Å². The van der Waals surface area contributed by atoms with Crippen molar-refractivity contribution in [1.29, 1.82) is 0 Å². The predicted molar refractivity (Wildman–Crippen MR) is 47.4 cm³/mol. The van der Waals surface area contributed by atoms with E-state index in [1.54, 1.807) is 0 Å². The van der Waals surface area contributed by atoms with Crippen molar-refractivity contribution in [3.8, 4) is 5.75 Å². The fourth-order valence-electron chi connectivity index (χ4n) is 1.23. The zero-order chi connectivity index (χ0) is 10.9. The van der Waals surface area contributed by atoms with Crippen LogP contribution in [0.5, 0.6) is 5.75 Å². The Morgan fingerprint density at radius 1 is 1.21 bits per heavy atom. The van der Waals surface area contributed by atoms with Gasteiger partial charge in [0.15, 0.2) is 0 Å². The average Bonchev–Trinajstić information content (AvgIpc) is 2.01. The summed E-state index contributed by atoms with van der Waals surface area (Å²) in [6.07, 6.45) is -4.45. The number of aromatic hydroxyl groups is 1. The molecule has 14 heavy (non-hydrogen) atoms. The Hall–Kier alpha value is -1.39. The van der Waals surface area contributed by atoms with Gasteiger partial charge in [-0.1, -0.05) is 6.07 Å². The number of hydrogen-bond acceptors (Lipinski definition) is 2. The number of rotatable bonds is 1. The van der Waals surface area contributed by atoms with Crippen LogP contribution in [0.3, 0.4) is 0 Å². The lowest BCUT2D eigenvalue weighted by atomic mass is 10.1. The molecule has 1 aromatic carbocycles. The van der Waals surface area contributed by atoms with E-state index in [0.29, 0.717) is 0 Å². The monoisotopic (exact) mass is 205 g/mol. The van der Waals surface area contributed by atoms with Crippen molar-refractivity contribution in [2.75, 3.05) is 19.0 Å². The second-order valence-corrected chi connectivity index (χ2v) is 3.07. The van der Waals surface area contributed by atoms with Crippen molar-refractivity contribution in [3.05, 3.63) is 23.8 Å². The fourth-order valence-corrected chi connectivity index (χ4v) is 1.23. The maximum absolute atomic E-state index is 12.5. The fraction of sp³-hybridized carbons (Fsp3) is 0.333. The molecule has 1 N–H and O–H groups in total. The molecule has 0 amide bonds. The van der Waals surface area contributed by atoms with Gasteiger partial charge in [0.2, 0.25) is 0 Å². The average molecular weight is 205 g/mol. The van der Waals surface area contributed by atoms with Gasteiger partial charge in [-0.3, -0.25) is 0 Å². The predicted octanol–water partition coefficient (Wildman–Crippen LogP) is 2.48. The third kappa shape index (κ3) is 1.92. The van der Waals surface area contributed by atoms with Gasteiger partial charge >= 0.3 is 6.18 Å². The highest BCUT2D eigenvalue weighted by Crippen LogP contribution is 2.40. The van der Waals surface area contributed by atoms with Crippen LogP contribution in [-0.4, -0.2) is 19.2 Å². The van der Waals surface area contributed by atoms with E-state index >= 15 is 0 Å². The molecule has 0 aliphatic heterocycles. The molecule has 0 atom stereocenters. The van der Waals surface area contributed by atoms with Crippen LogP contribution in [-0.2, 0) is 6.18 Å². The SMILES string of the molecule is CN(C)c1c(O)cccc1C(F)(F)F. The van der Waals surface area contributed by atoms with E-state index in [9.17, 15) is 18.3 Å². The second kappa shape index (κ2) is 3.40. The van der Waals surface area contributed by atoms with Gasteiger partial charge in [0.05, 0.1) is 11.3 Å². The van der Waals surface area contributed by atoms with E-state index in [0.717, 1.165) is 6.07 Å². The molecule has 0 aromatic heterocycles. The lowest BCUT2D eigenvalue weighted by Gasteiger charge is -2.20. The Kier molecular flexibility index (Phi) is 2.59. The molecule has 2 nitrogen and oxygen atoms in total. The number of anilines is 1. The summed E-state index contributed by atoms with van der Waals surface area (Å²) in [5, 5.41) is 9.28. The lowest BCUT2D eigenvalue weighted by molar-refractivity contribution is -0.137. The maximum Gasteiger partial charge on any atom is 0.418 e. The van der Waals surface area contributed by atoms with E-state index in [4.69, 9.17) is 0 Å². The molecule has 0 unspecified atom stereocenters. The third-order valence-electron chi connectivity index (χ3n) is 1.77. The topological polar surface area (TPSA) is 23.5 Å². The normalized spacial score (nSPS) is 11.5. The standard InChI is InChI=1S/C9H10F3NO/c1-13(2)8-6(9(10,11)12)4-3-5-7(8)14/h3-5,14H,1-2H3. The minimum atomic E-state index is -4.45. The van der Waals surface area contributed by atoms with Crippen LogP contribution in [0, 0.1) is 0 Å². The van der Waals surface area contributed by atoms with Gasteiger partial charge in [-0.05, 0) is 12.1 Å². The zero-order valence-electron chi connectivity index (χ0n) is 7.76. The number of nitrogens with zero attached hydrogens (tertiary/aromatic N) is 1. The summed E-state index contributed by atoms with van der Waals surface area (Å²) in [6, 6.07) is 3.34. The molecule has 0 fully saturated rings. The van der Waals surface area contributed by atoms with Crippen LogP contribution in [0.15, 0.2) is 18.2 Å². The second-order valence-electron chi connectivity index (χ2n) is 3.07. The summed E-state index contributed by atoms with van der Waals surface area (Å²) < 4.78 is 37.4. The zero-order valence-corrected chi connectivity index (χ0v) is 7.76. The van der Waals surface area contributed by atoms with Gasteiger partial charge in [-0.2, -0.15) is 13.2 Å². The van der Waals surface area contributed by atoms with Crippen LogP contribution in [0.1, 0.15) is 5.56 Å². The molecule has 0 radical (unpaired) electrons. The highest BCUT2D eigenvalue weighted by molar-refractivity contribution is 5.63. The minimum absolute atomic E-state index is 0.208. The number of phenolic OH excluding ortho intramolecular Hbond substituents is 1. The molecule has 0 saturated carbocycles. The number of phenols is 1. The molecule has 0 saturated heterocycles. The number of hydrogen-bond donors (Lipinski definition) is 1. The smallest absolute Gasteiger partial charge is 0.418 e. The number of benzene rings is 1. The van der Waals surface area contributed by atoms with Crippen molar-refractivity contribution in [1.82, 2.24) is 0 Å². The quantitative estimate of drug-likeness (QED) is 0.761. The number of halogens is 3. The third-order valence-corrected chi connectivity index (χ3v) is 1.77. The molecular formula is C9H10F3NO. The first-order valence-corrected chi connectivity index (χ1v) is 3.90. The minimum Gasteiger partial charge on any atom is -0.506 e. The molecule has 0 aliphatic carbocycles. The molecule has 1 aromatic rings. The van der Waals surface area contributed by atoms with Crippen LogP contribution < -0.4 is 4.90 Å². The van der Waals surface area contributed by atoms with E-state index in [2.05, 4.69) is 0 Å². The van der Waals surface area contributed by atoms with Gasteiger partial charge in [0.25, 0.3) is 0 Å². The largest absolute Gasteiger partial charge is 0.506 e. The highest BCUT2D eigenvalue weighted by atomic mass is 19.4. The summed E-state index contributed by atoms with van der Waals surface area (Å²) in [4.78, 5) is 1.23. The van der Waals surface area contributed by atoms with E-state index in [1.807, 2.05) is 0 Å². The Labute approximate surface area is 79.6 Å². The first-order valence-electron chi connectivity index (χ1n) is 3.90. The summed E-state index contributed by atoms with van der Waals surface area (Å²) in [5.74, 6) is -0.371. The van der Waals surface area contributed by atoms with Gasteiger partial charge in [-0.25, -0.2) is 0 Å². The van der Waals surface area contributed by atoms with Crippen LogP contribution in [0.2, 0.25) is 0 Å². The first-order chi connectivity index (χ1) is 6.34. The Bertz CT molecular complexity index is 333. The highest BCUT2D eigenvalue weighted by Gasteiger charge is 2.35. The summed E-state index contributed by atoms with van der Waals surface area (Å²) in [5.41, 5.74) is -1.04. The molecule has 0 heterocycles. The molecule has 0 aliphatic rings. The number of para-hydroxylation sites is 1.